The lowest BCUT2D eigenvalue weighted by Crippen LogP contribution is -2.34. The van der Waals surface area contributed by atoms with E-state index in [1.807, 2.05) is 26.8 Å². The van der Waals surface area contributed by atoms with Gasteiger partial charge in [-0.15, -0.1) is 0 Å². The van der Waals surface area contributed by atoms with E-state index >= 15 is 0 Å². The number of carbonyl (C=O) groups excluding carboxylic acids is 1. The van der Waals surface area contributed by atoms with Crippen molar-refractivity contribution in [3.63, 3.8) is 0 Å². The van der Waals surface area contributed by atoms with Crippen LogP contribution in [0, 0.1) is 0 Å². The minimum Gasteiger partial charge on any atom is -0.444 e. The Morgan fingerprint density at radius 3 is 2.41 bits per heavy atom. The highest BCUT2D eigenvalue weighted by Gasteiger charge is 2.16. The van der Waals surface area contributed by atoms with Gasteiger partial charge in [-0.05, 0) is 59.7 Å². The van der Waals surface area contributed by atoms with E-state index in [1.54, 1.807) is 0 Å². The maximum absolute atomic E-state index is 11.6. The maximum atomic E-state index is 11.6. The molecule has 1 aromatic carbocycles. The van der Waals surface area contributed by atoms with Gasteiger partial charge in [0.15, 0.2) is 0 Å². The molecule has 124 valence electrons. The first-order valence-electron chi connectivity index (χ1n) is 7.95. The van der Waals surface area contributed by atoms with Crippen LogP contribution in [0.4, 0.5) is 4.79 Å². The van der Waals surface area contributed by atoms with Crippen molar-refractivity contribution in [1.29, 1.82) is 0 Å². The number of hydrogen-bond acceptors (Lipinski definition) is 3. The predicted octanol–water partition coefficient (Wildman–Crippen LogP) is 3.46. The van der Waals surface area contributed by atoms with Gasteiger partial charge < -0.3 is 15.0 Å². The highest BCUT2D eigenvalue weighted by molar-refractivity contribution is 5.67. The molecule has 0 saturated carbocycles. The van der Waals surface area contributed by atoms with E-state index in [-0.39, 0.29) is 6.09 Å². The Kier molecular flexibility index (Phi) is 7.39. The van der Waals surface area contributed by atoms with E-state index in [0.717, 1.165) is 19.3 Å². The lowest BCUT2D eigenvalue weighted by atomic mass is 10.0. The van der Waals surface area contributed by atoms with Gasteiger partial charge in [0, 0.05) is 12.6 Å². The van der Waals surface area contributed by atoms with Crippen LogP contribution >= 0.6 is 0 Å². The largest absolute Gasteiger partial charge is 0.444 e. The van der Waals surface area contributed by atoms with Crippen molar-refractivity contribution in [3.05, 3.63) is 35.9 Å². The molecule has 4 nitrogen and oxygen atoms in total. The minimum atomic E-state index is -0.441. The zero-order chi connectivity index (χ0) is 16.6. The summed E-state index contributed by atoms with van der Waals surface area (Å²) in [7, 11) is 4.21. The lowest BCUT2D eigenvalue weighted by Gasteiger charge is -2.25. The molecule has 0 aliphatic heterocycles. The molecular weight excluding hydrogens is 276 g/mol. The number of nitrogens with zero attached hydrogens (tertiary/aromatic N) is 1. The molecule has 0 aromatic heterocycles. The number of carbonyl (C=O) groups is 1. The molecule has 1 N–H and O–H groups in total. The molecule has 0 spiro atoms. The van der Waals surface area contributed by atoms with E-state index in [4.69, 9.17) is 4.74 Å². The number of rotatable bonds is 7. The van der Waals surface area contributed by atoms with Crippen molar-refractivity contribution in [2.24, 2.45) is 0 Å². The van der Waals surface area contributed by atoms with Crippen LogP contribution in [0.3, 0.4) is 0 Å². The number of hydrogen-bond donors (Lipinski definition) is 1. The summed E-state index contributed by atoms with van der Waals surface area (Å²) in [5.41, 5.74) is 0.908. The summed E-state index contributed by atoms with van der Waals surface area (Å²) in [6.45, 7) is 6.26. The van der Waals surface area contributed by atoms with E-state index in [9.17, 15) is 4.79 Å². The zero-order valence-corrected chi connectivity index (χ0v) is 14.6. The molecule has 0 bridgehead atoms. The van der Waals surface area contributed by atoms with Crippen molar-refractivity contribution in [3.8, 4) is 0 Å². The first-order valence-corrected chi connectivity index (χ1v) is 7.95. The molecule has 4 heteroatoms. The summed E-state index contributed by atoms with van der Waals surface area (Å²) in [6, 6.07) is 11.0. The average Bonchev–Trinajstić information content (AvgIpc) is 2.41. The van der Waals surface area contributed by atoms with Crippen molar-refractivity contribution < 1.29 is 9.53 Å². The standard InChI is InChI=1S/C18H30N2O2/c1-18(2,3)22-17(21)19-13-9-12-16(20(4)5)14-15-10-7-6-8-11-15/h6-8,10-11,16H,9,12-14H2,1-5H3,(H,19,21). The van der Waals surface area contributed by atoms with Crippen LogP contribution in [0.25, 0.3) is 0 Å². The van der Waals surface area contributed by atoms with Crippen LogP contribution < -0.4 is 5.32 Å². The van der Waals surface area contributed by atoms with Gasteiger partial charge in [-0.25, -0.2) is 4.79 Å². The summed E-state index contributed by atoms with van der Waals surface area (Å²) in [5, 5.41) is 2.82. The predicted molar refractivity (Wildman–Crippen MR) is 91.1 cm³/mol. The van der Waals surface area contributed by atoms with Gasteiger partial charge in [-0.1, -0.05) is 30.3 Å². The normalized spacial score (nSPS) is 13.0. The Hall–Kier alpha value is -1.55. The number of benzene rings is 1. The second-order valence-electron chi connectivity index (χ2n) is 6.88. The minimum absolute atomic E-state index is 0.336. The number of nitrogens with one attached hydrogen (secondary N) is 1. The quantitative estimate of drug-likeness (QED) is 0.784. The highest BCUT2D eigenvalue weighted by Crippen LogP contribution is 2.11. The molecule has 1 aromatic rings. The van der Waals surface area contributed by atoms with Gasteiger partial charge in [-0.2, -0.15) is 0 Å². The molecule has 0 aliphatic carbocycles. The molecule has 0 radical (unpaired) electrons. The highest BCUT2D eigenvalue weighted by atomic mass is 16.6. The van der Waals surface area contributed by atoms with Crippen LogP contribution in [0.5, 0.6) is 0 Å². The third-order valence-corrected chi connectivity index (χ3v) is 3.43. The second-order valence-corrected chi connectivity index (χ2v) is 6.88. The Labute approximate surface area is 134 Å². The average molecular weight is 306 g/mol. The lowest BCUT2D eigenvalue weighted by molar-refractivity contribution is 0.0526. The van der Waals surface area contributed by atoms with Crippen molar-refractivity contribution in [2.75, 3.05) is 20.6 Å². The van der Waals surface area contributed by atoms with Gasteiger partial charge in [0.2, 0.25) is 0 Å². The smallest absolute Gasteiger partial charge is 0.407 e. The van der Waals surface area contributed by atoms with Crippen molar-refractivity contribution in [2.45, 2.75) is 51.7 Å². The van der Waals surface area contributed by atoms with E-state index < -0.39 is 5.60 Å². The topological polar surface area (TPSA) is 41.6 Å². The summed E-state index contributed by atoms with van der Waals surface area (Å²) < 4.78 is 5.23. The number of likely N-dealkylation sites (N-methyl/N-ethyl adjacent to an activating group) is 1. The second kappa shape index (κ2) is 8.79. The third-order valence-electron chi connectivity index (χ3n) is 3.43. The molecule has 0 aliphatic rings. The van der Waals surface area contributed by atoms with Crippen LogP contribution in [0.1, 0.15) is 39.2 Å². The fourth-order valence-electron chi connectivity index (χ4n) is 2.27. The molecule has 1 rings (SSSR count). The fraction of sp³-hybridized carbons (Fsp3) is 0.611. The molecule has 1 unspecified atom stereocenters. The fourth-order valence-corrected chi connectivity index (χ4v) is 2.27. The Bertz CT molecular complexity index is 438. The van der Waals surface area contributed by atoms with Gasteiger partial charge in [-0.3, -0.25) is 0 Å². The molecule has 1 amide bonds. The first kappa shape index (κ1) is 18.5. The SMILES string of the molecule is CN(C)C(CCCNC(=O)OC(C)(C)C)Cc1ccccc1. The van der Waals surface area contributed by atoms with Gasteiger partial charge >= 0.3 is 6.09 Å². The Morgan fingerprint density at radius 2 is 1.86 bits per heavy atom. The maximum Gasteiger partial charge on any atom is 0.407 e. The summed E-state index contributed by atoms with van der Waals surface area (Å²) in [6.07, 6.45) is 2.67. The summed E-state index contributed by atoms with van der Waals surface area (Å²) in [5.74, 6) is 0. The van der Waals surface area contributed by atoms with Gasteiger partial charge in [0.05, 0.1) is 0 Å². The molecule has 0 fully saturated rings. The zero-order valence-electron chi connectivity index (χ0n) is 14.6. The number of amides is 1. The van der Waals surface area contributed by atoms with E-state index in [2.05, 4.69) is 48.6 Å². The van der Waals surface area contributed by atoms with E-state index in [1.165, 1.54) is 5.56 Å². The van der Waals surface area contributed by atoms with Crippen molar-refractivity contribution in [1.82, 2.24) is 10.2 Å². The molecular formula is C18H30N2O2. The summed E-state index contributed by atoms with van der Waals surface area (Å²) >= 11 is 0. The first-order chi connectivity index (χ1) is 10.3. The summed E-state index contributed by atoms with van der Waals surface area (Å²) in [4.78, 5) is 13.8. The van der Waals surface area contributed by atoms with Gasteiger partial charge in [0.1, 0.15) is 5.60 Å². The van der Waals surface area contributed by atoms with Crippen LogP contribution in [0.15, 0.2) is 30.3 Å². The van der Waals surface area contributed by atoms with Gasteiger partial charge in [0.25, 0.3) is 0 Å². The molecule has 0 saturated heterocycles. The van der Waals surface area contributed by atoms with Crippen LogP contribution in [-0.2, 0) is 11.2 Å². The number of ether oxygens (including phenoxy) is 1. The Morgan fingerprint density at radius 1 is 1.23 bits per heavy atom. The van der Waals surface area contributed by atoms with E-state index in [0.29, 0.717) is 12.6 Å². The van der Waals surface area contributed by atoms with Crippen LogP contribution in [0.2, 0.25) is 0 Å². The monoisotopic (exact) mass is 306 g/mol. The van der Waals surface area contributed by atoms with Crippen molar-refractivity contribution >= 4 is 6.09 Å². The third kappa shape index (κ3) is 8.03. The number of alkyl carbamates (subject to hydrolysis) is 1. The molecule has 22 heavy (non-hydrogen) atoms. The molecule has 1 atom stereocenters. The van der Waals surface area contributed by atoms with Crippen LogP contribution in [-0.4, -0.2) is 43.3 Å². The Balaban J connectivity index is 2.32. The molecule has 0 heterocycles.